The van der Waals surface area contributed by atoms with Crippen molar-refractivity contribution in [3.8, 4) is 0 Å². The first-order valence-corrected chi connectivity index (χ1v) is 17.7. The van der Waals surface area contributed by atoms with Gasteiger partial charge in [-0.05, 0) is 109 Å². The topological polar surface area (TPSA) is 87.3 Å². The number of rotatable bonds is 25. The lowest BCUT2D eigenvalue weighted by atomic mass is 9.85. The standard InChI is InChI=1S/C14H30O3.C11H26N2.C10H22N2O/c1-4-5-8-15-10-12-17-13-11-16-9-6-7-14(2)3;1-11(2)7-5-8-12-9-6-10-13(3)4;1-7(2)10(8(3)13)4-9-5-11-6-12-9/h14H,4-13H2,1-3H3;11-12H,5-10H2,1-4H3;7-13H,4-6H2,1-3H3. The van der Waals surface area contributed by atoms with E-state index in [-0.39, 0.29) is 6.10 Å². The van der Waals surface area contributed by atoms with Crippen molar-refractivity contribution >= 4 is 0 Å². The van der Waals surface area contributed by atoms with Crippen LogP contribution in [-0.2, 0) is 14.2 Å². The Kier molecular flexibility index (Phi) is 34.4. The molecule has 0 aromatic heterocycles. The lowest BCUT2D eigenvalue weighted by molar-refractivity contribution is 0.0131. The van der Waals surface area contributed by atoms with Crippen LogP contribution in [0, 0.1) is 23.7 Å². The summed E-state index contributed by atoms with van der Waals surface area (Å²) < 4.78 is 16.2. The monoisotopic (exact) mass is 619 g/mol. The lowest BCUT2D eigenvalue weighted by Crippen LogP contribution is -2.33. The van der Waals surface area contributed by atoms with E-state index >= 15 is 0 Å². The third kappa shape index (κ3) is 36.0. The molecule has 1 aliphatic heterocycles. The Balaban J connectivity index is 0. The van der Waals surface area contributed by atoms with Crippen LogP contribution in [0.3, 0.4) is 0 Å². The molecular formula is C35H78N4O4. The Morgan fingerprint density at radius 1 is 0.767 bits per heavy atom. The number of hydrogen-bond donors (Lipinski definition) is 4. The second kappa shape index (κ2) is 33.1. The Hall–Kier alpha value is -0.320. The van der Waals surface area contributed by atoms with Gasteiger partial charge in [0.25, 0.3) is 0 Å². The SMILES string of the molecule is CC(C)C(CC1CNCN1)C(C)O.CC(C)CCCNCCCN(C)C.CCCCOCCOCCOCCCC(C)C. The number of hydrogen-bond acceptors (Lipinski definition) is 8. The van der Waals surface area contributed by atoms with E-state index in [9.17, 15) is 5.11 Å². The summed E-state index contributed by atoms with van der Waals surface area (Å²) in [5.74, 6) is 2.60. The fourth-order valence-corrected chi connectivity index (χ4v) is 4.72. The van der Waals surface area contributed by atoms with Crippen molar-refractivity contribution in [2.75, 3.05) is 86.6 Å². The van der Waals surface area contributed by atoms with E-state index in [2.05, 4.69) is 83.4 Å². The van der Waals surface area contributed by atoms with Crippen molar-refractivity contribution in [3.63, 3.8) is 0 Å². The van der Waals surface area contributed by atoms with E-state index in [1.807, 2.05) is 6.92 Å². The molecule has 4 N–H and O–H groups in total. The quantitative estimate of drug-likeness (QED) is 0.0958. The maximum absolute atomic E-state index is 9.59. The van der Waals surface area contributed by atoms with E-state index in [4.69, 9.17) is 14.2 Å². The summed E-state index contributed by atoms with van der Waals surface area (Å²) in [6, 6.07) is 0.544. The first-order valence-electron chi connectivity index (χ1n) is 17.7. The maximum atomic E-state index is 9.59. The summed E-state index contributed by atoms with van der Waals surface area (Å²) in [4.78, 5) is 2.23. The third-order valence-electron chi connectivity index (χ3n) is 7.49. The van der Waals surface area contributed by atoms with Crippen LogP contribution in [0.15, 0.2) is 0 Å². The summed E-state index contributed by atoms with van der Waals surface area (Å²) in [7, 11) is 4.25. The molecule has 43 heavy (non-hydrogen) atoms. The Morgan fingerprint density at radius 2 is 1.30 bits per heavy atom. The zero-order valence-corrected chi connectivity index (χ0v) is 30.5. The van der Waals surface area contributed by atoms with Gasteiger partial charge in [-0.1, -0.05) is 54.9 Å². The van der Waals surface area contributed by atoms with Gasteiger partial charge in [-0.2, -0.15) is 0 Å². The second-order valence-electron chi connectivity index (χ2n) is 13.6. The average Bonchev–Trinajstić information content (AvgIpc) is 3.45. The first-order chi connectivity index (χ1) is 20.5. The van der Waals surface area contributed by atoms with Gasteiger partial charge in [-0.15, -0.1) is 0 Å². The molecule has 1 heterocycles. The molecule has 262 valence electrons. The van der Waals surface area contributed by atoms with Gasteiger partial charge in [-0.25, -0.2) is 0 Å². The first kappa shape index (κ1) is 44.8. The number of unbranched alkanes of at least 4 members (excludes halogenated alkanes) is 1. The fourth-order valence-electron chi connectivity index (χ4n) is 4.72. The molecule has 0 radical (unpaired) electrons. The highest BCUT2D eigenvalue weighted by molar-refractivity contribution is 4.81. The second-order valence-corrected chi connectivity index (χ2v) is 13.6. The molecule has 8 heteroatoms. The van der Waals surface area contributed by atoms with Gasteiger partial charge in [0.2, 0.25) is 0 Å². The van der Waals surface area contributed by atoms with Gasteiger partial charge < -0.3 is 40.2 Å². The highest BCUT2D eigenvalue weighted by atomic mass is 16.5. The number of aliphatic hydroxyl groups excluding tert-OH is 1. The van der Waals surface area contributed by atoms with Gasteiger partial charge in [0.15, 0.2) is 0 Å². The van der Waals surface area contributed by atoms with Crippen molar-refractivity contribution in [1.29, 1.82) is 0 Å². The molecule has 1 aliphatic rings. The van der Waals surface area contributed by atoms with Gasteiger partial charge >= 0.3 is 0 Å². The fraction of sp³-hybridized carbons (Fsp3) is 1.00. The highest BCUT2D eigenvalue weighted by Gasteiger charge is 2.24. The molecule has 0 aromatic rings. The largest absolute Gasteiger partial charge is 0.393 e. The Labute approximate surface area is 269 Å². The molecule has 0 amide bonds. The summed E-state index contributed by atoms with van der Waals surface area (Å²) in [6.45, 7) is 27.4. The van der Waals surface area contributed by atoms with Gasteiger partial charge in [-0.3, -0.25) is 0 Å². The van der Waals surface area contributed by atoms with Crippen LogP contribution in [0.1, 0.15) is 107 Å². The van der Waals surface area contributed by atoms with Crippen LogP contribution in [0.25, 0.3) is 0 Å². The van der Waals surface area contributed by atoms with E-state index < -0.39 is 0 Å². The van der Waals surface area contributed by atoms with Crippen molar-refractivity contribution in [2.24, 2.45) is 23.7 Å². The van der Waals surface area contributed by atoms with Crippen LogP contribution < -0.4 is 16.0 Å². The van der Waals surface area contributed by atoms with Crippen molar-refractivity contribution < 1.29 is 19.3 Å². The molecule has 0 aromatic carbocycles. The van der Waals surface area contributed by atoms with E-state index in [1.165, 1.54) is 45.2 Å². The summed E-state index contributed by atoms with van der Waals surface area (Å²) in [5.41, 5.74) is 0. The predicted octanol–water partition coefficient (Wildman–Crippen LogP) is 5.78. The van der Waals surface area contributed by atoms with Gasteiger partial charge in [0.05, 0.1) is 32.5 Å². The van der Waals surface area contributed by atoms with Crippen molar-refractivity contribution in [1.82, 2.24) is 20.9 Å². The number of ether oxygens (including phenoxy) is 3. The molecule has 0 bridgehead atoms. The molecule has 0 spiro atoms. The highest BCUT2D eigenvalue weighted by Crippen LogP contribution is 2.21. The van der Waals surface area contributed by atoms with E-state index in [0.717, 1.165) is 64.1 Å². The minimum Gasteiger partial charge on any atom is -0.393 e. The van der Waals surface area contributed by atoms with Crippen LogP contribution in [0.5, 0.6) is 0 Å². The summed E-state index contributed by atoms with van der Waals surface area (Å²) in [5, 5.41) is 19.7. The van der Waals surface area contributed by atoms with Gasteiger partial charge in [0.1, 0.15) is 0 Å². The molecular weight excluding hydrogens is 540 g/mol. The average molecular weight is 619 g/mol. The van der Waals surface area contributed by atoms with E-state index in [1.54, 1.807) is 0 Å². The summed E-state index contributed by atoms with van der Waals surface area (Å²) >= 11 is 0. The van der Waals surface area contributed by atoms with Gasteiger partial charge in [0, 0.05) is 32.5 Å². The van der Waals surface area contributed by atoms with Crippen LogP contribution in [0.4, 0.5) is 0 Å². The maximum Gasteiger partial charge on any atom is 0.0701 e. The number of nitrogens with one attached hydrogen (secondary N) is 3. The third-order valence-corrected chi connectivity index (χ3v) is 7.49. The molecule has 8 nitrogen and oxygen atoms in total. The number of aliphatic hydroxyl groups is 1. The molecule has 3 unspecified atom stereocenters. The van der Waals surface area contributed by atoms with Crippen LogP contribution >= 0.6 is 0 Å². The molecule has 0 saturated carbocycles. The van der Waals surface area contributed by atoms with Crippen LogP contribution in [-0.4, -0.2) is 109 Å². The zero-order chi connectivity index (χ0) is 32.7. The van der Waals surface area contributed by atoms with Crippen LogP contribution in [0.2, 0.25) is 0 Å². The molecule has 1 rings (SSSR count). The lowest BCUT2D eigenvalue weighted by Gasteiger charge is -2.26. The van der Waals surface area contributed by atoms with Crippen molar-refractivity contribution in [2.45, 2.75) is 119 Å². The van der Waals surface area contributed by atoms with Crippen molar-refractivity contribution in [3.05, 3.63) is 0 Å². The van der Waals surface area contributed by atoms with E-state index in [0.29, 0.717) is 44.3 Å². The molecule has 3 atom stereocenters. The molecule has 0 aliphatic carbocycles. The Bertz CT molecular complexity index is 510. The normalized spacial score (nSPS) is 16.4. The minimum absolute atomic E-state index is 0.192. The molecule has 1 fully saturated rings. The zero-order valence-electron chi connectivity index (χ0n) is 30.5. The predicted molar refractivity (Wildman–Crippen MR) is 186 cm³/mol. The summed E-state index contributed by atoms with van der Waals surface area (Å²) in [6.07, 6.45) is 9.52. The minimum atomic E-state index is -0.192. The Morgan fingerprint density at radius 3 is 1.77 bits per heavy atom. The number of nitrogens with zero attached hydrogens (tertiary/aromatic N) is 1. The smallest absolute Gasteiger partial charge is 0.0701 e. The molecule has 1 saturated heterocycles.